The number of anilines is 2. The second-order valence-corrected chi connectivity index (χ2v) is 9.07. The van der Waals surface area contributed by atoms with Crippen LogP contribution in [-0.4, -0.2) is 34.0 Å². The number of imidazole rings is 1. The number of hydrogen-bond donors (Lipinski definition) is 2. The lowest BCUT2D eigenvalue weighted by molar-refractivity contribution is 0.602. The summed E-state index contributed by atoms with van der Waals surface area (Å²) < 4.78 is 25.8. The zero-order valence-corrected chi connectivity index (χ0v) is 17.6. The Morgan fingerprint density at radius 3 is 2.71 bits per heavy atom. The van der Waals surface area contributed by atoms with Crippen LogP contribution in [0, 0.1) is 11.3 Å². The number of nitrogens with two attached hydrogens (primary N) is 1. The number of nitrogens with one attached hydrogen (secondary N) is 1. The average Bonchev–Trinajstić information content (AvgIpc) is 3.17. The van der Waals surface area contributed by atoms with Gasteiger partial charge >= 0.3 is 0 Å². The van der Waals surface area contributed by atoms with E-state index in [9.17, 15) is 13.7 Å². The van der Waals surface area contributed by atoms with Gasteiger partial charge < -0.3 is 11.1 Å². The van der Waals surface area contributed by atoms with E-state index in [4.69, 9.17) is 5.73 Å². The third-order valence-corrected chi connectivity index (χ3v) is 5.93. The highest BCUT2D eigenvalue weighted by atomic mass is 32.2. The summed E-state index contributed by atoms with van der Waals surface area (Å²) in [4.78, 5) is 13.1. The van der Waals surface area contributed by atoms with Crippen molar-refractivity contribution in [3.05, 3.63) is 66.1 Å². The zero-order valence-electron chi connectivity index (χ0n) is 16.8. The standard InChI is InChI=1S/C21H19N7O2S/c1-13(14-5-3-6-16(23)9-14)26-21-25-11-15(10-22)19(27-21)17-12-24-20-18(31(2,29)30)7-4-8-28(17)20/h3-9,11-13H,23H2,1-2H3,(H,25,26,27)/t13-/m0/s1. The summed E-state index contributed by atoms with van der Waals surface area (Å²) in [6.07, 6.45) is 5.73. The van der Waals surface area contributed by atoms with Crippen molar-refractivity contribution in [3.63, 3.8) is 0 Å². The van der Waals surface area contributed by atoms with E-state index in [0.717, 1.165) is 11.8 Å². The summed E-state index contributed by atoms with van der Waals surface area (Å²) in [5.41, 5.74) is 8.82. The van der Waals surface area contributed by atoms with Gasteiger partial charge in [0.1, 0.15) is 16.7 Å². The van der Waals surface area contributed by atoms with Crippen molar-refractivity contribution >= 4 is 27.1 Å². The quantitative estimate of drug-likeness (QED) is 0.458. The first-order valence-electron chi connectivity index (χ1n) is 9.33. The monoisotopic (exact) mass is 433 g/mol. The molecule has 3 N–H and O–H groups in total. The topological polar surface area (TPSA) is 139 Å². The predicted molar refractivity (Wildman–Crippen MR) is 117 cm³/mol. The van der Waals surface area contributed by atoms with Crippen LogP contribution in [0.5, 0.6) is 0 Å². The third kappa shape index (κ3) is 3.91. The Morgan fingerprint density at radius 1 is 1.19 bits per heavy atom. The molecule has 0 spiro atoms. The normalized spacial score (nSPS) is 12.4. The van der Waals surface area contributed by atoms with Crippen LogP contribution in [0.3, 0.4) is 0 Å². The van der Waals surface area contributed by atoms with E-state index in [2.05, 4.69) is 26.3 Å². The van der Waals surface area contributed by atoms with Crippen LogP contribution in [0.2, 0.25) is 0 Å². The maximum atomic E-state index is 12.1. The van der Waals surface area contributed by atoms with Crippen LogP contribution in [0.15, 0.2) is 59.9 Å². The lowest BCUT2D eigenvalue weighted by Crippen LogP contribution is -2.11. The fourth-order valence-electron chi connectivity index (χ4n) is 3.28. The second kappa shape index (κ2) is 7.70. The van der Waals surface area contributed by atoms with Gasteiger partial charge in [0.15, 0.2) is 15.5 Å². The highest BCUT2D eigenvalue weighted by Crippen LogP contribution is 2.27. The van der Waals surface area contributed by atoms with Crippen molar-refractivity contribution < 1.29 is 8.42 Å². The van der Waals surface area contributed by atoms with Crippen LogP contribution in [0.25, 0.3) is 17.0 Å². The number of fused-ring (bicyclic) bond motifs is 1. The Morgan fingerprint density at radius 2 is 2.00 bits per heavy atom. The first kappa shape index (κ1) is 20.3. The maximum Gasteiger partial charge on any atom is 0.223 e. The molecule has 3 aromatic heterocycles. The van der Waals surface area contributed by atoms with Crippen molar-refractivity contribution in [2.75, 3.05) is 17.3 Å². The van der Waals surface area contributed by atoms with Gasteiger partial charge in [-0.05, 0) is 36.8 Å². The van der Waals surface area contributed by atoms with Crippen molar-refractivity contribution in [1.29, 1.82) is 5.26 Å². The molecular formula is C21H19N7O2S. The van der Waals surface area contributed by atoms with Gasteiger partial charge in [-0.3, -0.25) is 4.40 Å². The van der Waals surface area contributed by atoms with Crippen LogP contribution in [0.4, 0.5) is 11.6 Å². The van der Waals surface area contributed by atoms with E-state index in [1.165, 1.54) is 18.5 Å². The number of sulfone groups is 1. The molecule has 10 heteroatoms. The van der Waals surface area contributed by atoms with Crippen molar-refractivity contribution in [2.24, 2.45) is 0 Å². The average molecular weight is 433 g/mol. The number of nitriles is 1. The summed E-state index contributed by atoms with van der Waals surface area (Å²) in [6, 6.07) is 12.5. The van der Waals surface area contributed by atoms with Gasteiger partial charge in [0.25, 0.3) is 0 Å². The summed E-state index contributed by atoms with van der Waals surface area (Å²) in [6.45, 7) is 1.95. The largest absolute Gasteiger partial charge is 0.399 e. The highest BCUT2D eigenvalue weighted by Gasteiger charge is 2.19. The van der Waals surface area contributed by atoms with E-state index in [0.29, 0.717) is 23.0 Å². The molecule has 0 radical (unpaired) electrons. The fraction of sp³-hybridized carbons (Fsp3) is 0.143. The molecule has 0 unspecified atom stereocenters. The lowest BCUT2D eigenvalue weighted by atomic mass is 10.1. The Balaban J connectivity index is 1.78. The summed E-state index contributed by atoms with van der Waals surface area (Å²) in [7, 11) is -3.48. The van der Waals surface area contributed by atoms with Crippen LogP contribution in [-0.2, 0) is 9.84 Å². The molecule has 9 nitrogen and oxygen atoms in total. The van der Waals surface area contributed by atoms with Crippen LogP contribution < -0.4 is 11.1 Å². The SMILES string of the molecule is C[C@H](Nc1ncc(C#N)c(-c2cnc3c(S(C)(=O)=O)cccn23)n1)c1cccc(N)c1. The summed E-state index contributed by atoms with van der Waals surface area (Å²) in [5, 5.41) is 12.8. The number of nitrogen functional groups attached to an aromatic ring is 1. The van der Waals surface area contributed by atoms with Gasteiger partial charge in [-0.25, -0.2) is 23.4 Å². The molecule has 31 heavy (non-hydrogen) atoms. The van der Waals surface area contributed by atoms with Gasteiger partial charge in [0, 0.05) is 18.1 Å². The minimum absolute atomic E-state index is 0.0995. The number of nitrogens with zero attached hydrogens (tertiary/aromatic N) is 5. The molecule has 1 aromatic carbocycles. The molecule has 0 saturated carbocycles. The molecule has 0 bridgehead atoms. The molecular weight excluding hydrogens is 414 g/mol. The third-order valence-electron chi connectivity index (χ3n) is 4.81. The number of pyridine rings is 1. The molecule has 0 aliphatic rings. The van der Waals surface area contributed by atoms with E-state index < -0.39 is 9.84 Å². The molecule has 3 heterocycles. The van der Waals surface area contributed by atoms with Crippen molar-refractivity contribution in [3.8, 4) is 17.5 Å². The zero-order chi connectivity index (χ0) is 22.2. The molecule has 0 amide bonds. The number of benzene rings is 1. The molecule has 0 saturated heterocycles. The Hall–Kier alpha value is -3.97. The Bertz CT molecular complexity index is 1440. The van der Waals surface area contributed by atoms with Crippen molar-refractivity contribution in [1.82, 2.24) is 19.4 Å². The molecule has 156 valence electrons. The van der Waals surface area contributed by atoms with Gasteiger partial charge in [0.05, 0.1) is 29.7 Å². The molecule has 0 aliphatic heterocycles. The smallest absolute Gasteiger partial charge is 0.223 e. The van der Waals surface area contributed by atoms with Gasteiger partial charge in [-0.1, -0.05) is 12.1 Å². The highest BCUT2D eigenvalue weighted by molar-refractivity contribution is 7.90. The first-order chi connectivity index (χ1) is 14.8. The second-order valence-electron chi connectivity index (χ2n) is 7.09. The maximum absolute atomic E-state index is 12.1. The molecule has 4 aromatic rings. The molecule has 0 aliphatic carbocycles. The minimum Gasteiger partial charge on any atom is -0.399 e. The van der Waals surface area contributed by atoms with E-state index in [-0.39, 0.29) is 22.1 Å². The minimum atomic E-state index is -3.48. The van der Waals surface area contributed by atoms with E-state index in [1.807, 2.05) is 31.2 Å². The molecule has 1 atom stereocenters. The van der Waals surface area contributed by atoms with Gasteiger partial charge in [0.2, 0.25) is 5.95 Å². The number of aromatic nitrogens is 4. The van der Waals surface area contributed by atoms with Crippen LogP contribution in [0.1, 0.15) is 24.1 Å². The fourth-order valence-corrected chi connectivity index (χ4v) is 4.09. The summed E-state index contributed by atoms with van der Waals surface area (Å²) >= 11 is 0. The van der Waals surface area contributed by atoms with Gasteiger partial charge in [-0.15, -0.1) is 0 Å². The van der Waals surface area contributed by atoms with E-state index >= 15 is 0 Å². The molecule has 0 fully saturated rings. The Labute approximate surface area is 179 Å². The van der Waals surface area contributed by atoms with Crippen molar-refractivity contribution in [2.45, 2.75) is 17.9 Å². The van der Waals surface area contributed by atoms with E-state index in [1.54, 1.807) is 16.7 Å². The lowest BCUT2D eigenvalue weighted by Gasteiger charge is -2.15. The van der Waals surface area contributed by atoms with Crippen LogP contribution >= 0.6 is 0 Å². The van der Waals surface area contributed by atoms with Gasteiger partial charge in [-0.2, -0.15) is 5.26 Å². The number of hydrogen-bond acceptors (Lipinski definition) is 8. The predicted octanol–water partition coefficient (Wildman–Crippen LogP) is 2.82. The first-order valence-corrected chi connectivity index (χ1v) is 11.2. The molecule has 4 rings (SSSR count). The summed E-state index contributed by atoms with van der Waals surface area (Å²) in [5.74, 6) is 0.318. The number of rotatable bonds is 5. The Kier molecular flexibility index (Phi) is 5.04.